The molecule has 1 aliphatic rings. The minimum absolute atomic E-state index is 0.136. The zero-order valence-electron chi connectivity index (χ0n) is 12.2. The lowest BCUT2D eigenvalue weighted by atomic mass is 10.0. The summed E-state index contributed by atoms with van der Waals surface area (Å²) in [6, 6.07) is 25.3. The van der Waals surface area contributed by atoms with Gasteiger partial charge in [0.05, 0.1) is 6.04 Å². The van der Waals surface area contributed by atoms with E-state index in [1.54, 1.807) is 0 Å². The van der Waals surface area contributed by atoms with Gasteiger partial charge in [-0.3, -0.25) is 4.99 Å². The van der Waals surface area contributed by atoms with Crippen molar-refractivity contribution in [3.63, 3.8) is 0 Å². The van der Waals surface area contributed by atoms with Gasteiger partial charge in [-0.15, -0.1) is 0 Å². The summed E-state index contributed by atoms with van der Waals surface area (Å²) in [5.74, 6) is 0.839. The van der Waals surface area contributed by atoms with E-state index in [-0.39, 0.29) is 6.04 Å². The second-order valence-electron chi connectivity index (χ2n) is 5.55. The zero-order chi connectivity index (χ0) is 14.8. The first-order chi connectivity index (χ1) is 10.9. The quantitative estimate of drug-likeness (QED) is 0.685. The van der Waals surface area contributed by atoms with Crippen LogP contribution < -0.4 is 0 Å². The molecule has 1 unspecified atom stereocenters. The van der Waals surface area contributed by atoms with E-state index in [9.17, 15) is 0 Å². The molecule has 2 heteroatoms. The maximum absolute atomic E-state index is 4.73. The predicted octanol–water partition coefficient (Wildman–Crippen LogP) is 4.28. The van der Waals surface area contributed by atoms with E-state index in [0.29, 0.717) is 0 Å². The summed E-state index contributed by atoms with van der Waals surface area (Å²) in [7, 11) is 0. The Morgan fingerprint density at radius 2 is 1.55 bits per heavy atom. The lowest BCUT2D eigenvalue weighted by Crippen LogP contribution is -2.07. The van der Waals surface area contributed by atoms with Gasteiger partial charge in [-0.2, -0.15) is 0 Å². The van der Waals surface area contributed by atoms with Crippen LogP contribution >= 0.6 is 0 Å². The number of aliphatic imine (C=N–C) groups is 2. The third-order valence-corrected chi connectivity index (χ3v) is 3.95. The largest absolute Gasteiger partial charge is 0.257 e. The Labute approximate surface area is 129 Å². The topological polar surface area (TPSA) is 24.7 Å². The zero-order valence-corrected chi connectivity index (χ0v) is 12.2. The molecule has 22 heavy (non-hydrogen) atoms. The van der Waals surface area contributed by atoms with Gasteiger partial charge in [-0.1, -0.05) is 72.8 Å². The van der Waals surface area contributed by atoms with Gasteiger partial charge < -0.3 is 0 Å². The molecule has 0 saturated carbocycles. The number of hydrogen-bond donors (Lipinski definition) is 0. The van der Waals surface area contributed by atoms with Crippen molar-refractivity contribution < 1.29 is 0 Å². The van der Waals surface area contributed by atoms with Crippen LogP contribution in [0.2, 0.25) is 0 Å². The second kappa shape index (κ2) is 5.57. The Kier molecular flexibility index (Phi) is 3.28. The van der Waals surface area contributed by atoms with Crippen LogP contribution in [-0.2, 0) is 6.42 Å². The van der Waals surface area contributed by atoms with Crippen LogP contribution in [0.3, 0.4) is 0 Å². The molecule has 1 heterocycles. The van der Waals surface area contributed by atoms with E-state index < -0.39 is 0 Å². The summed E-state index contributed by atoms with van der Waals surface area (Å²) < 4.78 is 0. The standard InChI is InChI=1S/C20H16N2/c1-2-7-17(8-3-1)20-21-14-19(22-20)13-15-10-11-16-6-4-5-9-18(16)12-15/h1-12,14,19H,13H2. The lowest BCUT2D eigenvalue weighted by Gasteiger charge is -2.06. The van der Waals surface area contributed by atoms with Gasteiger partial charge in [0.15, 0.2) is 5.84 Å². The van der Waals surface area contributed by atoms with E-state index in [4.69, 9.17) is 4.99 Å². The normalized spacial score (nSPS) is 16.9. The summed E-state index contributed by atoms with van der Waals surface area (Å²) in [5, 5.41) is 2.56. The van der Waals surface area contributed by atoms with Crippen molar-refractivity contribution in [1.82, 2.24) is 0 Å². The van der Waals surface area contributed by atoms with Gasteiger partial charge in [0.1, 0.15) is 0 Å². The van der Waals surface area contributed by atoms with Crippen molar-refractivity contribution in [2.24, 2.45) is 9.98 Å². The molecule has 1 aliphatic heterocycles. The Balaban J connectivity index is 1.56. The van der Waals surface area contributed by atoms with Gasteiger partial charge in [0, 0.05) is 11.8 Å². The Bertz CT molecular complexity index is 863. The molecule has 0 radical (unpaired) electrons. The number of benzene rings is 3. The predicted molar refractivity (Wildman–Crippen MR) is 92.9 cm³/mol. The minimum Gasteiger partial charge on any atom is -0.257 e. The fourth-order valence-electron chi connectivity index (χ4n) is 2.82. The van der Waals surface area contributed by atoms with Crippen LogP contribution in [0.1, 0.15) is 11.1 Å². The third-order valence-electron chi connectivity index (χ3n) is 3.95. The second-order valence-corrected chi connectivity index (χ2v) is 5.55. The Morgan fingerprint density at radius 3 is 2.41 bits per heavy atom. The first kappa shape index (κ1) is 13.0. The number of amidine groups is 1. The molecule has 0 amide bonds. The summed E-state index contributed by atoms with van der Waals surface area (Å²) in [6.07, 6.45) is 2.85. The van der Waals surface area contributed by atoms with E-state index >= 15 is 0 Å². The molecule has 0 spiro atoms. The van der Waals surface area contributed by atoms with Gasteiger partial charge in [-0.25, -0.2) is 4.99 Å². The summed E-state index contributed by atoms with van der Waals surface area (Å²) in [5.41, 5.74) is 2.38. The first-order valence-corrected chi connectivity index (χ1v) is 7.53. The van der Waals surface area contributed by atoms with Crippen LogP contribution in [0.15, 0.2) is 82.8 Å². The number of hydrogen-bond acceptors (Lipinski definition) is 2. The van der Waals surface area contributed by atoms with Gasteiger partial charge in [-0.05, 0) is 22.8 Å². The summed E-state index contributed by atoms with van der Waals surface area (Å²) in [6.45, 7) is 0. The number of rotatable bonds is 3. The van der Waals surface area contributed by atoms with Crippen molar-refractivity contribution in [3.8, 4) is 0 Å². The van der Waals surface area contributed by atoms with Crippen molar-refractivity contribution in [3.05, 3.63) is 83.9 Å². The monoisotopic (exact) mass is 284 g/mol. The average molecular weight is 284 g/mol. The lowest BCUT2D eigenvalue weighted by molar-refractivity contribution is 0.881. The fraction of sp³-hybridized carbons (Fsp3) is 0.100. The number of nitrogens with zero attached hydrogens (tertiary/aromatic N) is 2. The Morgan fingerprint density at radius 1 is 0.773 bits per heavy atom. The van der Waals surface area contributed by atoms with Crippen molar-refractivity contribution >= 4 is 22.8 Å². The molecule has 0 fully saturated rings. The highest BCUT2D eigenvalue weighted by atomic mass is 15.0. The SMILES string of the molecule is C1=NC(c2ccccc2)=NC1Cc1ccc2ccccc2c1. The summed E-state index contributed by atoms with van der Waals surface area (Å²) >= 11 is 0. The molecule has 3 aromatic carbocycles. The van der Waals surface area contributed by atoms with Crippen LogP contribution in [-0.4, -0.2) is 18.1 Å². The molecule has 2 nitrogen and oxygen atoms in total. The van der Waals surface area contributed by atoms with Crippen LogP contribution in [0, 0.1) is 0 Å². The summed E-state index contributed by atoms with van der Waals surface area (Å²) in [4.78, 5) is 9.20. The van der Waals surface area contributed by atoms with Crippen molar-refractivity contribution in [2.75, 3.05) is 0 Å². The van der Waals surface area contributed by atoms with Crippen molar-refractivity contribution in [2.45, 2.75) is 12.5 Å². The molecule has 1 atom stereocenters. The molecule has 0 bridgehead atoms. The molecular weight excluding hydrogens is 268 g/mol. The van der Waals surface area contributed by atoms with Gasteiger partial charge in [0.2, 0.25) is 0 Å². The van der Waals surface area contributed by atoms with Crippen LogP contribution in [0.25, 0.3) is 10.8 Å². The van der Waals surface area contributed by atoms with E-state index in [2.05, 4.69) is 59.6 Å². The number of fused-ring (bicyclic) bond motifs is 1. The van der Waals surface area contributed by atoms with Crippen LogP contribution in [0.5, 0.6) is 0 Å². The molecule has 0 saturated heterocycles. The van der Waals surface area contributed by atoms with Gasteiger partial charge >= 0.3 is 0 Å². The maximum atomic E-state index is 4.73. The average Bonchev–Trinajstić information content (AvgIpc) is 3.04. The molecule has 0 aromatic heterocycles. The highest BCUT2D eigenvalue weighted by Crippen LogP contribution is 2.18. The smallest absolute Gasteiger partial charge is 0.154 e. The molecular formula is C20H16N2. The van der Waals surface area contributed by atoms with Crippen molar-refractivity contribution in [1.29, 1.82) is 0 Å². The van der Waals surface area contributed by atoms with E-state index in [1.807, 2.05) is 24.4 Å². The third kappa shape index (κ3) is 2.56. The van der Waals surface area contributed by atoms with Crippen LogP contribution in [0.4, 0.5) is 0 Å². The molecule has 106 valence electrons. The molecule has 0 aliphatic carbocycles. The van der Waals surface area contributed by atoms with E-state index in [1.165, 1.54) is 16.3 Å². The highest BCUT2D eigenvalue weighted by molar-refractivity contribution is 6.07. The Hall–Kier alpha value is -2.74. The molecule has 0 N–H and O–H groups in total. The first-order valence-electron chi connectivity index (χ1n) is 7.53. The highest BCUT2D eigenvalue weighted by Gasteiger charge is 2.14. The maximum Gasteiger partial charge on any atom is 0.154 e. The molecule has 3 aromatic rings. The molecule has 4 rings (SSSR count). The van der Waals surface area contributed by atoms with E-state index in [0.717, 1.165) is 17.8 Å². The minimum atomic E-state index is 0.136. The van der Waals surface area contributed by atoms with Gasteiger partial charge in [0.25, 0.3) is 0 Å². The fourth-order valence-corrected chi connectivity index (χ4v) is 2.82.